The Labute approximate surface area is 205 Å². The van der Waals surface area contributed by atoms with Crippen LogP contribution in [0.1, 0.15) is 12.0 Å². The molecule has 0 spiro atoms. The predicted octanol–water partition coefficient (Wildman–Crippen LogP) is 6.10. The van der Waals surface area contributed by atoms with Crippen LogP contribution >= 0.6 is 0 Å². The molecule has 4 amide bonds. The van der Waals surface area contributed by atoms with Gasteiger partial charge >= 0.3 is 18.2 Å². The Hall–Kier alpha value is -4.28. The first-order chi connectivity index (χ1) is 17.2. The summed E-state index contributed by atoms with van der Waals surface area (Å²) in [6.45, 7) is 0.278. The first kappa shape index (κ1) is 26.3. The number of alkyl halides is 3. The highest BCUT2D eigenvalue weighted by Crippen LogP contribution is 2.31. The fourth-order valence-electron chi connectivity index (χ4n) is 3.25. The zero-order valence-electron chi connectivity index (χ0n) is 19.2. The van der Waals surface area contributed by atoms with E-state index in [2.05, 4.69) is 16.0 Å². The van der Waals surface area contributed by atoms with E-state index < -0.39 is 29.6 Å². The first-order valence-corrected chi connectivity index (χ1v) is 10.9. The van der Waals surface area contributed by atoms with Crippen LogP contribution in [-0.2, 0) is 6.18 Å². The summed E-state index contributed by atoms with van der Waals surface area (Å²) in [4.78, 5) is 26.3. The van der Waals surface area contributed by atoms with Crippen LogP contribution in [-0.4, -0.2) is 32.3 Å². The Bertz CT molecular complexity index is 1190. The van der Waals surface area contributed by atoms with Gasteiger partial charge in [0.05, 0.1) is 12.7 Å². The number of halogens is 4. The molecular formula is C25H24F4N4O3. The van der Waals surface area contributed by atoms with E-state index in [1.807, 2.05) is 0 Å². The van der Waals surface area contributed by atoms with Crippen molar-refractivity contribution in [3.8, 4) is 5.75 Å². The molecule has 11 heteroatoms. The van der Waals surface area contributed by atoms with Crippen LogP contribution in [0.3, 0.4) is 0 Å². The molecule has 0 radical (unpaired) electrons. The van der Waals surface area contributed by atoms with Crippen molar-refractivity contribution in [3.63, 3.8) is 0 Å². The standard InChI is InChI=1S/C25H24F4N4O3/c1-36-22-8-3-7-20(16-22)31-23(34)30-13-4-14-33(21-11-9-18(26)10-12-21)24(35)32-19-6-2-5-17(15-19)25(27,28)29/h2-3,5-12,15-16H,4,13-14H2,1H3,(H,32,35)(H2,30,31,34). The van der Waals surface area contributed by atoms with E-state index in [-0.39, 0.29) is 18.8 Å². The molecule has 0 aliphatic rings. The van der Waals surface area contributed by atoms with Gasteiger partial charge in [-0.1, -0.05) is 12.1 Å². The number of methoxy groups -OCH3 is 1. The van der Waals surface area contributed by atoms with Gasteiger partial charge < -0.3 is 20.7 Å². The molecule has 0 heterocycles. The third-order valence-corrected chi connectivity index (χ3v) is 5.00. The van der Waals surface area contributed by atoms with Gasteiger partial charge in [0.2, 0.25) is 0 Å². The molecule has 3 rings (SSSR count). The molecule has 3 N–H and O–H groups in total. The topological polar surface area (TPSA) is 82.7 Å². The smallest absolute Gasteiger partial charge is 0.416 e. The number of carbonyl (C=O) groups is 2. The van der Waals surface area contributed by atoms with Crippen molar-refractivity contribution < 1.29 is 31.9 Å². The van der Waals surface area contributed by atoms with E-state index in [0.29, 0.717) is 23.5 Å². The molecule has 0 saturated carbocycles. The van der Waals surface area contributed by atoms with E-state index in [0.717, 1.165) is 12.1 Å². The average Bonchev–Trinajstić information content (AvgIpc) is 2.84. The summed E-state index contributed by atoms with van der Waals surface area (Å²) < 4.78 is 57.5. The zero-order valence-corrected chi connectivity index (χ0v) is 19.2. The highest BCUT2D eigenvalue weighted by molar-refractivity contribution is 6.01. The Balaban J connectivity index is 1.61. The quantitative estimate of drug-likeness (QED) is 0.256. The second-order valence-electron chi connectivity index (χ2n) is 7.60. The number of nitrogens with one attached hydrogen (secondary N) is 3. The second-order valence-corrected chi connectivity index (χ2v) is 7.60. The summed E-state index contributed by atoms with van der Waals surface area (Å²) in [5.74, 6) is 0.0717. The number of carbonyl (C=O) groups excluding carboxylic acids is 2. The molecule has 0 aliphatic carbocycles. The van der Waals surface area contributed by atoms with Gasteiger partial charge in [-0.3, -0.25) is 4.90 Å². The maximum Gasteiger partial charge on any atom is 0.416 e. The van der Waals surface area contributed by atoms with Crippen LogP contribution in [0.4, 0.5) is 44.2 Å². The number of amides is 4. The Morgan fingerprint density at radius 3 is 2.25 bits per heavy atom. The van der Waals surface area contributed by atoms with Crippen LogP contribution in [0, 0.1) is 5.82 Å². The number of nitrogens with zero attached hydrogens (tertiary/aromatic N) is 1. The zero-order chi connectivity index (χ0) is 26.1. The van der Waals surface area contributed by atoms with Crippen LogP contribution in [0.25, 0.3) is 0 Å². The lowest BCUT2D eigenvalue weighted by atomic mass is 10.2. The van der Waals surface area contributed by atoms with Crippen molar-refractivity contribution in [2.45, 2.75) is 12.6 Å². The van der Waals surface area contributed by atoms with Gasteiger partial charge in [0.25, 0.3) is 0 Å². The summed E-state index contributed by atoms with van der Waals surface area (Å²) in [5, 5.41) is 7.76. The van der Waals surface area contributed by atoms with Gasteiger partial charge in [-0.2, -0.15) is 13.2 Å². The molecule has 190 valence electrons. The fraction of sp³-hybridized carbons (Fsp3) is 0.200. The lowest BCUT2D eigenvalue weighted by Gasteiger charge is -2.24. The number of ether oxygens (including phenoxy) is 1. The normalized spacial score (nSPS) is 10.9. The monoisotopic (exact) mass is 504 g/mol. The number of anilines is 3. The fourth-order valence-corrected chi connectivity index (χ4v) is 3.25. The summed E-state index contributed by atoms with van der Waals surface area (Å²) in [5.41, 5.74) is -0.0837. The van der Waals surface area contributed by atoms with Crippen molar-refractivity contribution in [2.24, 2.45) is 0 Å². The minimum Gasteiger partial charge on any atom is -0.497 e. The first-order valence-electron chi connectivity index (χ1n) is 10.9. The largest absolute Gasteiger partial charge is 0.497 e. The number of benzene rings is 3. The molecule has 0 atom stereocenters. The molecule has 0 bridgehead atoms. The van der Waals surface area contributed by atoms with Crippen LogP contribution in [0.15, 0.2) is 72.8 Å². The minimum atomic E-state index is -4.56. The highest BCUT2D eigenvalue weighted by atomic mass is 19.4. The van der Waals surface area contributed by atoms with Crippen LogP contribution in [0.2, 0.25) is 0 Å². The Kier molecular flexibility index (Phi) is 8.71. The molecule has 7 nitrogen and oxygen atoms in total. The molecule has 0 aliphatic heterocycles. The Morgan fingerprint density at radius 1 is 0.917 bits per heavy atom. The van der Waals surface area contributed by atoms with Crippen LogP contribution in [0.5, 0.6) is 5.75 Å². The SMILES string of the molecule is COc1cccc(NC(=O)NCCCN(C(=O)Nc2cccc(C(F)(F)F)c2)c2ccc(F)cc2)c1. The third-order valence-electron chi connectivity index (χ3n) is 5.00. The van der Waals surface area contributed by atoms with Crippen molar-refractivity contribution in [1.29, 1.82) is 0 Å². The Morgan fingerprint density at radius 2 is 1.58 bits per heavy atom. The van der Waals surface area contributed by atoms with E-state index >= 15 is 0 Å². The molecule has 0 fully saturated rings. The van der Waals surface area contributed by atoms with Gasteiger partial charge in [0, 0.05) is 36.2 Å². The summed E-state index contributed by atoms with van der Waals surface area (Å²) in [6.07, 6.45) is -4.26. The molecule has 36 heavy (non-hydrogen) atoms. The lowest BCUT2D eigenvalue weighted by molar-refractivity contribution is -0.137. The van der Waals surface area contributed by atoms with E-state index in [1.54, 1.807) is 24.3 Å². The second kappa shape index (κ2) is 11.9. The predicted molar refractivity (Wildman–Crippen MR) is 129 cm³/mol. The number of urea groups is 2. The highest BCUT2D eigenvalue weighted by Gasteiger charge is 2.30. The summed E-state index contributed by atoms with van der Waals surface area (Å²) in [7, 11) is 1.51. The van der Waals surface area contributed by atoms with Crippen molar-refractivity contribution in [1.82, 2.24) is 5.32 Å². The molecule has 3 aromatic carbocycles. The van der Waals surface area contributed by atoms with Crippen molar-refractivity contribution in [2.75, 3.05) is 35.7 Å². The average molecular weight is 504 g/mol. The van der Waals surface area contributed by atoms with E-state index in [9.17, 15) is 27.2 Å². The summed E-state index contributed by atoms with van der Waals surface area (Å²) >= 11 is 0. The number of rotatable bonds is 8. The maximum atomic E-state index is 13.4. The molecule has 3 aromatic rings. The van der Waals surface area contributed by atoms with E-state index in [4.69, 9.17) is 4.74 Å². The third kappa shape index (κ3) is 7.62. The number of hydrogen-bond acceptors (Lipinski definition) is 3. The molecular weight excluding hydrogens is 480 g/mol. The lowest BCUT2D eigenvalue weighted by Crippen LogP contribution is -2.38. The van der Waals surface area contributed by atoms with Gasteiger partial charge in [-0.05, 0) is 61.0 Å². The molecule has 0 aromatic heterocycles. The summed E-state index contributed by atoms with van der Waals surface area (Å²) in [6, 6.07) is 15.0. The van der Waals surface area contributed by atoms with Gasteiger partial charge in [-0.25, -0.2) is 14.0 Å². The van der Waals surface area contributed by atoms with Gasteiger partial charge in [0.1, 0.15) is 11.6 Å². The molecule has 0 saturated heterocycles. The van der Waals surface area contributed by atoms with Gasteiger partial charge in [0.15, 0.2) is 0 Å². The minimum absolute atomic E-state index is 0.0438. The van der Waals surface area contributed by atoms with Crippen molar-refractivity contribution >= 4 is 29.1 Å². The molecule has 0 unspecified atom stereocenters. The maximum absolute atomic E-state index is 13.4. The number of hydrogen-bond donors (Lipinski definition) is 3. The van der Waals surface area contributed by atoms with Gasteiger partial charge in [-0.15, -0.1) is 0 Å². The van der Waals surface area contributed by atoms with Crippen LogP contribution < -0.4 is 25.6 Å². The van der Waals surface area contributed by atoms with E-state index in [1.165, 1.54) is 48.4 Å². The van der Waals surface area contributed by atoms with Crippen molar-refractivity contribution in [3.05, 3.63) is 84.2 Å².